The van der Waals surface area contributed by atoms with Crippen molar-refractivity contribution in [1.82, 2.24) is 25.6 Å². The zero-order valence-electron chi connectivity index (χ0n) is 35.3. The van der Waals surface area contributed by atoms with Crippen molar-refractivity contribution in [2.75, 3.05) is 32.1 Å². The van der Waals surface area contributed by atoms with Crippen molar-refractivity contribution in [2.45, 2.75) is 133 Å². The van der Waals surface area contributed by atoms with Crippen LogP contribution in [0, 0.1) is 33.5 Å². The molecular formula is C43H62N6O9S. The molecule has 4 saturated carbocycles. The van der Waals surface area contributed by atoms with Gasteiger partial charge < -0.3 is 35.6 Å². The van der Waals surface area contributed by atoms with Crippen LogP contribution in [0.2, 0.25) is 0 Å². The number of likely N-dealkylation sites (tertiary alicyclic amines) is 1. The number of sulfonamides is 1. The second kappa shape index (κ2) is 15.4. The minimum Gasteiger partial charge on any atom is -0.441 e. The van der Waals surface area contributed by atoms with E-state index in [1.54, 1.807) is 30.1 Å². The van der Waals surface area contributed by atoms with Crippen LogP contribution in [0.15, 0.2) is 41.8 Å². The predicted octanol–water partition coefficient (Wildman–Crippen LogP) is 4.00. The summed E-state index contributed by atoms with van der Waals surface area (Å²) in [5.41, 5.74) is -2.73. The Bertz CT molecular complexity index is 1990. The van der Waals surface area contributed by atoms with E-state index in [1.807, 2.05) is 20.8 Å². The lowest BCUT2D eigenvalue weighted by Gasteiger charge is -2.38. The van der Waals surface area contributed by atoms with Crippen molar-refractivity contribution in [1.29, 1.82) is 0 Å². The number of benzene rings is 1. The Morgan fingerprint density at radius 1 is 0.966 bits per heavy atom. The van der Waals surface area contributed by atoms with Crippen LogP contribution >= 0.6 is 0 Å². The van der Waals surface area contributed by atoms with E-state index in [-0.39, 0.29) is 39.6 Å². The first-order chi connectivity index (χ1) is 27.8. The first kappa shape index (κ1) is 42.9. The maximum absolute atomic E-state index is 15.2. The van der Waals surface area contributed by atoms with Crippen molar-refractivity contribution >= 4 is 45.4 Å². The molecule has 59 heavy (non-hydrogen) atoms. The highest BCUT2D eigenvalue weighted by molar-refractivity contribution is 7.90. The highest BCUT2D eigenvalue weighted by atomic mass is 32.2. The first-order valence-corrected chi connectivity index (χ1v) is 22.7. The van der Waals surface area contributed by atoms with Gasteiger partial charge in [0.15, 0.2) is 6.10 Å². The minimum absolute atomic E-state index is 0.0526. The third kappa shape index (κ3) is 7.29. The van der Waals surface area contributed by atoms with Gasteiger partial charge in [0.05, 0.1) is 18.9 Å². The molecular weight excluding hydrogens is 777 g/mol. The van der Waals surface area contributed by atoms with Gasteiger partial charge in [0.25, 0.3) is 15.9 Å². The van der Waals surface area contributed by atoms with Crippen LogP contribution < -0.4 is 26.0 Å². The van der Waals surface area contributed by atoms with Crippen LogP contribution in [-0.4, -0.2) is 99.6 Å². The number of anilines is 1. The summed E-state index contributed by atoms with van der Waals surface area (Å²) in [5, 5.41) is 11.6. The normalized spacial score (nSPS) is 29.2. The second-order valence-corrected chi connectivity index (χ2v) is 21.1. The molecule has 1 aromatic carbocycles. The number of amides is 5. The summed E-state index contributed by atoms with van der Waals surface area (Å²) >= 11 is 0. The molecule has 2 saturated heterocycles. The Morgan fingerprint density at radius 3 is 2.19 bits per heavy atom. The van der Waals surface area contributed by atoms with Gasteiger partial charge in [0.1, 0.15) is 28.6 Å². The fraction of sp³-hybridized carbons (Fsp3) is 0.698. The van der Waals surface area contributed by atoms with Crippen molar-refractivity contribution in [2.24, 2.45) is 33.5 Å². The SMILES string of the molecule is C=C[C@@H]1C[C@]1(NC(=O)[C@@H]1C[C@@]2(CN1C(=O)[C@@H](NC(=O)[C@@H](NC(=O)OC1COC1)C1CCCCC1)C(C)(C)C)C(C)(C)C21CCC1)C(=O)NS(=O)(=O)c1ccccc1NC. The zero-order chi connectivity index (χ0) is 42.8. The molecule has 6 atom stereocenters. The number of nitrogens with zero attached hydrogens (tertiary/aromatic N) is 1. The quantitative estimate of drug-likeness (QED) is 0.181. The highest BCUT2D eigenvalue weighted by Crippen LogP contribution is 2.88. The summed E-state index contributed by atoms with van der Waals surface area (Å²) in [4.78, 5) is 72.8. The van der Waals surface area contributed by atoms with E-state index in [9.17, 15) is 27.6 Å². The Balaban J connectivity index is 1.15. The molecule has 2 aliphatic heterocycles. The van der Waals surface area contributed by atoms with E-state index in [0.29, 0.717) is 31.9 Å². The standard InChI is InChI=1S/C43H62N6O9S/c1-8-27-21-43(27,37(53)48-59(55,56)31-18-13-12-17-29(31)44-7)47-34(50)30-22-42(40(5,6)41(42)19-14-20-41)25-49(30)36(52)33(39(2,3)4)46-35(51)32(26-15-10-9-11-16-26)45-38(54)58-28-23-57-24-28/h8,12-13,17-18,26-28,30,32-33,44H,1,9-11,14-16,19-25H2,2-7H3,(H,45,54)(H,46,51)(H,47,50)(H,48,53)/t27-,30+,32+,33-,42-,43-/m1/s1. The molecule has 4 aliphatic carbocycles. The maximum atomic E-state index is 15.2. The second-order valence-electron chi connectivity index (χ2n) is 19.4. The maximum Gasteiger partial charge on any atom is 0.408 e. The van der Waals surface area contributed by atoms with Gasteiger partial charge in [-0.2, -0.15) is 0 Å². The number of rotatable bonds is 13. The average Bonchev–Trinajstić information content (AvgIpc) is 3.88. The van der Waals surface area contributed by atoms with Crippen molar-refractivity contribution in [3.8, 4) is 0 Å². The summed E-state index contributed by atoms with van der Waals surface area (Å²) in [7, 11) is -2.77. The van der Waals surface area contributed by atoms with Crippen LogP contribution in [0.4, 0.5) is 10.5 Å². The number of para-hydroxylation sites is 1. The molecule has 16 heteroatoms. The molecule has 1 aromatic rings. The molecule has 0 unspecified atom stereocenters. The fourth-order valence-electron chi connectivity index (χ4n) is 11.1. The molecule has 6 fully saturated rings. The highest BCUT2D eigenvalue weighted by Gasteiger charge is 2.85. The molecule has 15 nitrogen and oxygen atoms in total. The lowest BCUT2D eigenvalue weighted by atomic mass is 9.73. The van der Waals surface area contributed by atoms with E-state index >= 15 is 4.79 Å². The molecule has 6 aliphatic rings. The molecule has 2 spiro atoms. The molecule has 2 heterocycles. The number of fused-ring (bicyclic) bond motifs is 1. The fourth-order valence-corrected chi connectivity index (χ4v) is 12.3. The van der Waals surface area contributed by atoms with Gasteiger partial charge in [-0.3, -0.25) is 19.2 Å². The van der Waals surface area contributed by atoms with Crippen molar-refractivity contribution in [3.05, 3.63) is 36.9 Å². The van der Waals surface area contributed by atoms with E-state index in [4.69, 9.17) is 9.47 Å². The largest absolute Gasteiger partial charge is 0.441 e. The molecule has 0 aromatic heterocycles. The number of alkyl carbamates (subject to hydrolysis) is 1. The van der Waals surface area contributed by atoms with E-state index in [0.717, 1.165) is 51.4 Å². The van der Waals surface area contributed by atoms with Gasteiger partial charge in [0, 0.05) is 24.9 Å². The summed E-state index contributed by atoms with van der Waals surface area (Å²) in [5.74, 6) is -3.09. The van der Waals surface area contributed by atoms with E-state index in [2.05, 4.69) is 46.4 Å². The number of carbonyl (C=O) groups is 5. The van der Waals surface area contributed by atoms with Crippen LogP contribution in [0.25, 0.3) is 0 Å². The van der Waals surface area contributed by atoms with Crippen molar-refractivity contribution in [3.63, 3.8) is 0 Å². The molecule has 0 bridgehead atoms. The van der Waals surface area contributed by atoms with Gasteiger partial charge in [-0.15, -0.1) is 6.58 Å². The van der Waals surface area contributed by atoms with Gasteiger partial charge in [-0.25, -0.2) is 17.9 Å². The summed E-state index contributed by atoms with van der Waals surface area (Å²) < 4.78 is 39.9. The Kier molecular flexibility index (Phi) is 11.2. The molecule has 5 amide bonds. The average molecular weight is 839 g/mol. The van der Waals surface area contributed by atoms with E-state index < -0.39 is 74.7 Å². The number of ether oxygens (including phenoxy) is 2. The first-order valence-electron chi connectivity index (χ1n) is 21.2. The molecule has 7 rings (SSSR count). The van der Waals surface area contributed by atoms with Gasteiger partial charge in [0.2, 0.25) is 17.7 Å². The smallest absolute Gasteiger partial charge is 0.408 e. The summed E-state index contributed by atoms with van der Waals surface area (Å²) in [6.07, 6.45) is 8.25. The molecule has 324 valence electrons. The third-order valence-corrected chi connectivity index (χ3v) is 16.5. The third-order valence-electron chi connectivity index (χ3n) is 15.1. The van der Waals surface area contributed by atoms with Crippen LogP contribution in [0.5, 0.6) is 0 Å². The Hall–Kier alpha value is -4.18. The Labute approximate surface area is 348 Å². The molecule has 0 radical (unpaired) electrons. The Morgan fingerprint density at radius 2 is 1.64 bits per heavy atom. The molecule has 5 N–H and O–H groups in total. The number of hydrogen-bond donors (Lipinski definition) is 5. The zero-order valence-corrected chi connectivity index (χ0v) is 36.1. The number of nitrogens with one attached hydrogen (secondary N) is 5. The van der Waals surface area contributed by atoms with Crippen LogP contribution in [0.1, 0.15) is 98.8 Å². The summed E-state index contributed by atoms with van der Waals surface area (Å²) in [6, 6.07) is 3.16. The lowest BCUT2D eigenvalue weighted by Crippen LogP contribution is -2.62. The number of carbonyl (C=O) groups excluding carboxylic acids is 5. The van der Waals surface area contributed by atoms with Crippen LogP contribution in [-0.2, 0) is 38.7 Å². The van der Waals surface area contributed by atoms with E-state index in [1.165, 1.54) is 12.1 Å². The van der Waals surface area contributed by atoms with Crippen LogP contribution in [0.3, 0.4) is 0 Å². The van der Waals surface area contributed by atoms with Gasteiger partial charge in [-0.05, 0) is 72.8 Å². The topological polar surface area (TPSA) is 201 Å². The monoisotopic (exact) mass is 838 g/mol. The van der Waals surface area contributed by atoms with Gasteiger partial charge in [-0.1, -0.05) is 78.5 Å². The summed E-state index contributed by atoms with van der Waals surface area (Å²) in [6.45, 7) is 14.7. The predicted molar refractivity (Wildman–Crippen MR) is 219 cm³/mol. The lowest BCUT2D eigenvalue weighted by molar-refractivity contribution is -0.145. The minimum atomic E-state index is -4.35. The van der Waals surface area contributed by atoms with Gasteiger partial charge >= 0.3 is 6.09 Å². The number of hydrogen-bond acceptors (Lipinski definition) is 10. The van der Waals surface area contributed by atoms with Crippen molar-refractivity contribution < 1.29 is 41.9 Å².